The van der Waals surface area contributed by atoms with Crippen molar-refractivity contribution in [3.8, 4) is 11.5 Å². The molecule has 0 saturated heterocycles. The van der Waals surface area contributed by atoms with Gasteiger partial charge in [-0.05, 0) is 25.5 Å². The number of anilines is 1. The first-order valence-corrected chi connectivity index (χ1v) is 6.71. The maximum Gasteiger partial charge on any atom is 0.242 e. The third kappa shape index (κ3) is 3.13. The van der Waals surface area contributed by atoms with Gasteiger partial charge in [0.2, 0.25) is 5.91 Å². The molecule has 1 amide bonds. The lowest BCUT2D eigenvalue weighted by Crippen LogP contribution is -2.35. The van der Waals surface area contributed by atoms with Crippen LogP contribution in [-0.2, 0) is 11.3 Å². The fraction of sp³-hybridized carbons (Fsp3) is 0.357. The molecule has 0 aromatic carbocycles. The molecule has 7 heteroatoms. The summed E-state index contributed by atoms with van der Waals surface area (Å²) >= 11 is 0. The highest BCUT2D eigenvalue weighted by molar-refractivity contribution is 5.91. The van der Waals surface area contributed by atoms with E-state index < -0.39 is 0 Å². The minimum Gasteiger partial charge on any atom is -0.463 e. The van der Waals surface area contributed by atoms with E-state index in [1.807, 2.05) is 13.8 Å². The molecule has 2 aromatic heterocycles. The molecule has 3 N–H and O–H groups in total. The Balaban J connectivity index is 2.25. The van der Waals surface area contributed by atoms with Crippen LogP contribution in [0.15, 0.2) is 22.8 Å². The van der Waals surface area contributed by atoms with Crippen LogP contribution in [0.4, 0.5) is 5.82 Å². The first kappa shape index (κ1) is 14.8. The van der Waals surface area contributed by atoms with E-state index >= 15 is 0 Å². The molecule has 0 spiro atoms. The third-order valence-corrected chi connectivity index (χ3v) is 3.22. The van der Waals surface area contributed by atoms with Gasteiger partial charge in [0.25, 0.3) is 0 Å². The Morgan fingerprint density at radius 1 is 1.62 bits per heavy atom. The topological polar surface area (TPSA) is 103 Å². The quantitative estimate of drug-likeness (QED) is 0.784. The Bertz CT molecular complexity index is 631. The number of aromatic nitrogens is 2. The molecule has 0 radical (unpaired) electrons. The van der Waals surface area contributed by atoms with Gasteiger partial charge in [0.1, 0.15) is 18.1 Å². The van der Waals surface area contributed by atoms with Gasteiger partial charge in [-0.3, -0.25) is 9.59 Å². The fourth-order valence-corrected chi connectivity index (χ4v) is 1.88. The van der Waals surface area contributed by atoms with Crippen LogP contribution in [0.1, 0.15) is 30.6 Å². The summed E-state index contributed by atoms with van der Waals surface area (Å²) in [4.78, 5) is 23.1. The lowest BCUT2D eigenvalue weighted by molar-refractivity contribution is -0.122. The molecule has 0 saturated carbocycles. The lowest BCUT2D eigenvalue weighted by atomic mass is 10.2. The molecule has 0 bridgehead atoms. The van der Waals surface area contributed by atoms with Crippen LogP contribution >= 0.6 is 0 Å². The summed E-state index contributed by atoms with van der Waals surface area (Å²) in [6.07, 6.45) is 2.93. The fourth-order valence-electron chi connectivity index (χ4n) is 1.88. The van der Waals surface area contributed by atoms with Gasteiger partial charge in [0.15, 0.2) is 12.0 Å². The number of furan rings is 1. The van der Waals surface area contributed by atoms with Crippen molar-refractivity contribution >= 4 is 18.0 Å². The van der Waals surface area contributed by atoms with E-state index in [1.165, 1.54) is 10.9 Å². The van der Waals surface area contributed by atoms with Crippen LogP contribution in [-0.4, -0.2) is 28.0 Å². The molecule has 2 rings (SSSR count). The van der Waals surface area contributed by atoms with E-state index in [2.05, 4.69) is 10.4 Å². The summed E-state index contributed by atoms with van der Waals surface area (Å²) in [7, 11) is 0. The van der Waals surface area contributed by atoms with Gasteiger partial charge in [-0.15, -0.1) is 0 Å². The minimum atomic E-state index is -0.206. The highest BCUT2D eigenvalue weighted by atomic mass is 16.3. The van der Waals surface area contributed by atoms with Crippen molar-refractivity contribution in [1.29, 1.82) is 0 Å². The summed E-state index contributed by atoms with van der Waals surface area (Å²) in [5.41, 5.74) is 6.44. The number of carbonyl (C=O) groups is 2. The summed E-state index contributed by atoms with van der Waals surface area (Å²) in [6.45, 7) is 3.85. The molecule has 0 aliphatic heterocycles. The molecular weight excluding hydrogens is 272 g/mol. The second-order valence-corrected chi connectivity index (χ2v) is 4.78. The maximum atomic E-state index is 11.9. The maximum absolute atomic E-state index is 11.9. The van der Waals surface area contributed by atoms with E-state index in [-0.39, 0.29) is 29.9 Å². The van der Waals surface area contributed by atoms with Crippen molar-refractivity contribution in [3.05, 3.63) is 24.0 Å². The first-order valence-electron chi connectivity index (χ1n) is 6.71. The van der Waals surface area contributed by atoms with Gasteiger partial charge in [-0.2, -0.15) is 5.10 Å². The number of rotatable bonds is 6. The summed E-state index contributed by atoms with van der Waals surface area (Å²) in [5, 5.41) is 7.02. The molecule has 0 fully saturated rings. The van der Waals surface area contributed by atoms with E-state index in [4.69, 9.17) is 10.2 Å². The summed E-state index contributed by atoms with van der Waals surface area (Å²) < 4.78 is 6.53. The summed E-state index contributed by atoms with van der Waals surface area (Å²) in [6, 6.07) is 3.44. The predicted molar refractivity (Wildman–Crippen MR) is 77.6 cm³/mol. The number of carbonyl (C=O) groups excluding carboxylic acids is 2. The standard InChI is InChI=1S/C14H18N4O3/c1-3-9(2)16-12(20)7-18-14(15)10(8-19)13(17-18)11-5-4-6-21-11/h4-6,8-9H,3,7,15H2,1-2H3,(H,16,20). The van der Waals surface area contributed by atoms with Crippen LogP contribution in [0.5, 0.6) is 0 Å². The zero-order valence-electron chi connectivity index (χ0n) is 12.0. The number of nitrogens with one attached hydrogen (secondary N) is 1. The molecule has 112 valence electrons. The van der Waals surface area contributed by atoms with Gasteiger partial charge >= 0.3 is 0 Å². The molecule has 2 heterocycles. The number of amides is 1. The molecule has 2 aromatic rings. The normalized spacial score (nSPS) is 12.1. The van der Waals surface area contributed by atoms with E-state index in [9.17, 15) is 9.59 Å². The van der Waals surface area contributed by atoms with Gasteiger partial charge < -0.3 is 15.5 Å². The number of hydrogen-bond acceptors (Lipinski definition) is 5. The molecule has 0 aliphatic carbocycles. The van der Waals surface area contributed by atoms with E-state index in [1.54, 1.807) is 12.1 Å². The molecular formula is C14H18N4O3. The largest absolute Gasteiger partial charge is 0.463 e. The monoisotopic (exact) mass is 290 g/mol. The molecule has 7 nitrogen and oxygen atoms in total. The van der Waals surface area contributed by atoms with Crippen molar-refractivity contribution in [1.82, 2.24) is 15.1 Å². The predicted octanol–water partition coefficient (Wildman–Crippen LogP) is 1.45. The number of nitrogens with two attached hydrogens (primary N) is 1. The van der Waals surface area contributed by atoms with Crippen molar-refractivity contribution < 1.29 is 14.0 Å². The number of hydrogen-bond donors (Lipinski definition) is 2. The van der Waals surface area contributed by atoms with Crippen LogP contribution in [0.2, 0.25) is 0 Å². The van der Waals surface area contributed by atoms with Crippen LogP contribution < -0.4 is 11.1 Å². The van der Waals surface area contributed by atoms with Crippen molar-refractivity contribution in [3.63, 3.8) is 0 Å². The second-order valence-electron chi connectivity index (χ2n) is 4.78. The average Bonchev–Trinajstić information content (AvgIpc) is 3.07. The smallest absolute Gasteiger partial charge is 0.242 e. The molecule has 0 aliphatic rings. The van der Waals surface area contributed by atoms with Crippen molar-refractivity contribution in [2.45, 2.75) is 32.9 Å². The zero-order chi connectivity index (χ0) is 15.4. The second kappa shape index (κ2) is 6.25. The van der Waals surface area contributed by atoms with Crippen LogP contribution in [0.25, 0.3) is 11.5 Å². The van der Waals surface area contributed by atoms with Gasteiger partial charge in [-0.1, -0.05) is 6.92 Å². The Hall–Kier alpha value is -2.57. The van der Waals surface area contributed by atoms with Crippen LogP contribution in [0, 0.1) is 0 Å². The third-order valence-electron chi connectivity index (χ3n) is 3.22. The Labute approximate surface area is 122 Å². The van der Waals surface area contributed by atoms with Crippen molar-refractivity contribution in [2.75, 3.05) is 5.73 Å². The Kier molecular flexibility index (Phi) is 4.42. The van der Waals surface area contributed by atoms with Crippen molar-refractivity contribution in [2.24, 2.45) is 0 Å². The molecule has 1 atom stereocenters. The highest BCUT2D eigenvalue weighted by Crippen LogP contribution is 2.25. The van der Waals surface area contributed by atoms with Gasteiger partial charge in [-0.25, -0.2) is 4.68 Å². The first-order chi connectivity index (χ1) is 10.1. The zero-order valence-corrected chi connectivity index (χ0v) is 12.0. The molecule has 21 heavy (non-hydrogen) atoms. The molecule has 1 unspecified atom stereocenters. The Morgan fingerprint density at radius 2 is 2.38 bits per heavy atom. The SMILES string of the molecule is CCC(C)NC(=O)Cn1nc(-c2ccco2)c(C=O)c1N. The van der Waals surface area contributed by atoms with Gasteiger partial charge in [0, 0.05) is 6.04 Å². The number of nitrogens with zero attached hydrogens (tertiary/aromatic N) is 2. The lowest BCUT2D eigenvalue weighted by Gasteiger charge is -2.11. The minimum absolute atomic E-state index is 0.0439. The Morgan fingerprint density at radius 3 is 2.95 bits per heavy atom. The number of nitrogen functional groups attached to an aromatic ring is 1. The number of aldehydes is 1. The average molecular weight is 290 g/mol. The van der Waals surface area contributed by atoms with Crippen LogP contribution in [0.3, 0.4) is 0 Å². The van der Waals surface area contributed by atoms with Gasteiger partial charge in [0.05, 0.1) is 11.8 Å². The van der Waals surface area contributed by atoms with E-state index in [0.29, 0.717) is 17.7 Å². The highest BCUT2D eigenvalue weighted by Gasteiger charge is 2.20. The van der Waals surface area contributed by atoms with E-state index in [0.717, 1.165) is 6.42 Å². The summed E-state index contributed by atoms with van der Waals surface area (Å²) in [5.74, 6) is 0.377.